The molecule has 258 valence electrons. The molecule has 0 bridgehead atoms. The first kappa shape index (κ1) is 35.8. The summed E-state index contributed by atoms with van der Waals surface area (Å²) >= 11 is 6.09. The van der Waals surface area contributed by atoms with Crippen molar-refractivity contribution in [1.82, 2.24) is 5.32 Å². The highest BCUT2D eigenvalue weighted by Gasteiger charge is 2.37. The van der Waals surface area contributed by atoms with Crippen LogP contribution in [0.4, 0.5) is 32.0 Å². The van der Waals surface area contributed by atoms with Crippen molar-refractivity contribution >= 4 is 29.2 Å². The summed E-state index contributed by atoms with van der Waals surface area (Å²) in [4.78, 5) is 25.6. The number of aliphatic carboxylic acids is 1. The zero-order chi connectivity index (χ0) is 36.1. The third-order valence-corrected chi connectivity index (χ3v) is 7.76. The molecule has 0 unspecified atom stereocenters. The van der Waals surface area contributed by atoms with E-state index in [0.717, 1.165) is 11.1 Å². The predicted molar refractivity (Wildman–Crippen MR) is 176 cm³/mol. The minimum Gasteiger partial charge on any atom is -0.480 e. The molecule has 0 heterocycles. The lowest BCUT2D eigenvalue weighted by molar-refractivity contribution is -0.143. The van der Waals surface area contributed by atoms with Gasteiger partial charge in [-0.05, 0) is 71.3 Å². The summed E-state index contributed by atoms with van der Waals surface area (Å²) in [6.07, 6.45) is -10.2. The van der Waals surface area contributed by atoms with Gasteiger partial charge in [-0.1, -0.05) is 72.3 Å². The van der Waals surface area contributed by atoms with E-state index in [2.05, 4.69) is 10.6 Å². The maximum atomic E-state index is 13.3. The second kappa shape index (κ2) is 15.0. The lowest BCUT2D eigenvalue weighted by Crippen LogP contribution is -2.42. The average Bonchev–Trinajstić information content (AvgIpc) is 3.07. The van der Waals surface area contributed by atoms with Crippen LogP contribution in [0.1, 0.15) is 32.6 Å². The van der Waals surface area contributed by atoms with E-state index < -0.39 is 47.9 Å². The number of anilines is 1. The Bertz CT molecular complexity index is 1950. The summed E-state index contributed by atoms with van der Waals surface area (Å²) in [5.74, 6) is -0.960. The van der Waals surface area contributed by atoms with Gasteiger partial charge in [0, 0.05) is 29.2 Å². The molecule has 5 aromatic carbocycles. The highest BCUT2D eigenvalue weighted by Crippen LogP contribution is 2.37. The number of halogens is 7. The van der Waals surface area contributed by atoms with Crippen LogP contribution < -0.4 is 15.4 Å². The molecule has 0 spiro atoms. The largest absolute Gasteiger partial charge is 0.480 e. The van der Waals surface area contributed by atoms with Crippen LogP contribution in [-0.2, 0) is 30.1 Å². The number of carbonyl (C=O) groups excluding carboxylic acids is 1. The molecule has 6 nitrogen and oxygen atoms in total. The summed E-state index contributed by atoms with van der Waals surface area (Å²) in [5.41, 5.74) is -1.31. The molecule has 50 heavy (non-hydrogen) atoms. The molecular formula is C37H27ClF6N2O4. The van der Waals surface area contributed by atoms with Gasteiger partial charge in [-0.3, -0.25) is 4.79 Å². The highest BCUT2D eigenvalue weighted by atomic mass is 35.5. The number of ether oxygens (including phenoxy) is 1. The fraction of sp³-hybridized carbons (Fsp3) is 0.135. The van der Waals surface area contributed by atoms with Crippen molar-refractivity contribution in [2.45, 2.75) is 31.4 Å². The minimum absolute atomic E-state index is 0.00255. The number of hydrogen-bond donors (Lipinski definition) is 3. The number of amides is 1. The van der Waals surface area contributed by atoms with Gasteiger partial charge in [-0.25, -0.2) is 4.79 Å². The number of nitrogens with one attached hydrogen (secondary N) is 2. The standard InChI is InChI=1S/C37H27ClF6N2O4/c38-27-14-15-31(45-21-23-16-25(36(39,40)41)19-26(17-23)37(42,43)44)30(20-27)34(47)46-32(35(48)49)18-22-10-12-24(13-11-22)29-8-4-5-9-33(29)50-28-6-2-1-3-7-28/h1-17,19-20,32,45H,18,21H2,(H,46,47)(H,48,49)/t32-/m0/s1. The molecule has 13 heteroatoms. The molecule has 0 fully saturated rings. The van der Waals surface area contributed by atoms with E-state index in [1.807, 2.05) is 54.6 Å². The minimum atomic E-state index is -5.03. The Kier molecular flexibility index (Phi) is 10.7. The normalized spacial score (nSPS) is 12.2. The van der Waals surface area contributed by atoms with Gasteiger partial charge < -0.3 is 20.5 Å². The number of alkyl halides is 6. The van der Waals surface area contributed by atoms with Crippen molar-refractivity contribution in [2.75, 3.05) is 5.32 Å². The van der Waals surface area contributed by atoms with E-state index >= 15 is 0 Å². The molecule has 5 aromatic rings. The molecule has 0 aromatic heterocycles. The van der Waals surface area contributed by atoms with Gasteiger partial charge in [0.15, 0.2) is 0 Å². The number of rotatable bonds is 11. The van der Waals surface area contributed by atoms with E-state index in [-0.39, 0.29) is 34.3 Å². The Balaban J connectivity index is 1.31. The number of carboxylic acids is 1. The molecule has 0 aliphatic carbocycles. The number of para-hydroxylation sites is 2. The summed E-state index contributed by atoms with van der Waals surface area (Å²) in [5, 5.41) is 15.1. The third-order valence-electron chi connectivity index (χ3n) is 7.52. The summed E-state index contributed by atoms with van der Waals surface area (Å²) < 4.78 is 86.1. The summed E-state index contributed by atoms with van der Waals surface area (Å²) in [6.45, 7) is -0.525. The fourth-order valence-corrected chi connectivity index (χ4v) is 5.25. The molecular weight excluding hydrogens is 686 g/mol. The summed E-state index contributed by atoms with van der Waals surface area (Å²) in [6, 6.07) is 27.3. The number of carboxylic acid groups (broad SMARTS) is 1. The smallest absolute Gasteiger partial charge is 0.416 e. The van der Waals surface area contributed by atoms with E-state index in [0.29, 0.717) is 29.2 Å². The third kappa shape index (κ3) is 9.14. The van der Waals surface area contributed by atoms with Crippen LogP contribution in [-0.4, -0.2) is 23.0 Å². The van der Waals surface area contributed by atoms with Crippen LogP contribution in [0.2, 0.25) is 5.02 Å². The quantitative estimate of drug-likeness (QED) is 0.119. The maximum absolute atomic E-state index is 13.3. The molecule has 3 N–H and O–H groups in total. The van der Waals surface area contributed by atoms with E-state index in [1.165, 1.54) is 18.2 Å². The Morgan fingerprint density at radius 2 is 1.36 bits per heavy atom. The van der Waals surface area contributed by atoms with Crippen molar-refractivity contribution in [3.8, 4) is 22.6 Å². The first-order valence-electron chi connectivity index (χ1n) is 14.9. The van der Waals surface area contributed by atoms with Gasteiger partial charge in [-0.2, -0.15) is 26.3 Å². The van der Waals surface area contributed by atoms with E-state index in [1.54, 1.807) is 24.3 Å². The topological polar surface area (TPSA) is 87.7 Å². The SMILES string of the molecule is O=C(N[C@@H](Cc1ccc(-c2ccccc2Oc2ccccc2)cc1)C(=O)O)c1cc(Cl)ccc1NCc1cc(C(F)(F)F)cc(C(F)(F)F)c1. The lowest BCUT2D eigenvalue weighted by atomic mass is 9.99. The second-order valence-corrected chi connectivity index (χ2v) is 11.6. The lowest BCUT2D eigenvalue weighted by Gasteiger charge is -2.18. The number of carbonyl (C=O) groups is 2. The van der Waals surface area contributed by atoms with Gasteiger partial charge in [0.1, 0.15) is 17.5 Å². The molecule has 0 radical (unpaired) electrons. The van der Waals surface area contributed by atoms with Crippen molar-refractivity contribution in [3.63, 3.8) is 0 Å². The Morgan fingerprint density at radius 1 is 0.740 bits per heavy atom. The Morgan fingerprint density at radius 3 is 1.98 bits per heavy atom. The molecule has 0 aliphatic rings. The number of benzene rings is 5. The van der Waals surface area contributed by atoms with Crippen LogP contribution in [0, 0.1) is 0 Å². The summed E-state index contributed by atoms with van der Waals surface area (Å²) in [7, 11) is 0. The predicted octanol–water partition coefficient (Wildman–Crippen LogP) is 9.87. The molecule has 0 aliphatic heterocycles. The monoisotopic (exact) mass is 712 g/mol. The first-order valence-corrected chi connectivity index (χ1v) is 15.3. The molecule has 1 amide bonds. The fourth-order valence-electron chi connectivity index (χ4n) is 5.08. The first-order chi connectivity index (χ1) is 23.7. The van der Waals surface area contributed by atoms with Crippen LogP contribution in [0.3, 0.4) is 0 Å². The molecule has 0 saturated heterocycles. The van der Waals surface area contributed by atoms with Gasteiger partial charge in [0.25, 0.3) is 5.91 Å². The van der Waals surface area contributed by atoms with Crippen LogP contribution in [0.15, 0.2) is 115 Å². The van der Waals surface area contributed by atoms with E-state index in [9.17, 15) is 41.0 Å². The maximum Gasteiger partial charge on any atom is 0.416 e. The zero-order valence-corrected chi connectivity index (χ0v) is 26.5. The van der Waals surface area contributed by atoms with Crippen molar-refractivity contribution in [3.05, 3.63) is 148 Å². The number of hydrogen-bond acceptors (Lipinski definition) is 4. The molecule has 1 atom stereocenters. The van der Waals surface area contributed by atoms with Crippen molar-refractivity contribution in [2.24, 2.45) is 0 Å². The molecule has 0 saturated carbocycles. The van der Waals surface area contributed by atoms with Crippen LogP contribution in [0.5, 0.6) is 11.5 Å². The van der Waals surface area contributed by atoms with Crippen molar-refractivity contribution < 1.29 is 45.8 Å². The van der Waals surface area contributed by atoms with Crippen molar-refractivity contribution in [1.29, 1.82) is 0 Å². The Labute approximate surface area is 287 Å². The zero-order valence-electron chi connectivity index (χ0n) is 25.8. The van der Waals surface area contributed by atoms with Crippen LogP contribution in [0.25, 0.3) is 11.1 Å². The second-order valence-electron chi connectivity index (χ2n) is 11.1. The average molecular weight is 713 g/mol. The molecule has 5 rings (SSSR count). The van der Waals surface area contributed by atoms with Gasteiger partial charge in [0.2, 0.25) is 0 Å². The Hall–Kier alpha value is -5.49. The van der Waals surface area contributed by atoms with Gasteiger partial charge in [-0.15, -0.1) is 0 Å². The van der Waals surface area contributed by atoms with Gasteiger partial charge >= 0.3 is 18.3 Å². The van der Waals surface area contributed by atoms with Gasteiger partial charge in [0.05, 0.1) is 16.7 Å². The van der Waals surface area contributed by atoms with Crippen LogP contribution >= 0.6 is 11.6 Å². The highest BCUT2D eigenvalue weighted by molar-refractivity contribution is 6.31. The van der Waals surface area contributed by atoms with E-state index in [4.69, 9.17) is 16.3 Å².